The van der Waals surface area contributed by atoms with E-state index in [0.717, 1.165) is 18.7 Å². The molecule has 0 amide bonds. The summed E-state index contributed by atoms with van der Waals surface area (Å²) in [5.74, 6) is 0.983. The van der Waals surface area contributed by atoms with Crippen molar-refractivity contribution in [3.05, 3.63) is 12.2 Å². The van der Waals surface area contributed by atoms with Gasteiger partial charge in [0.25, 0.3) is 0 Å². The quantitative estimate of drug-likeness (QED) is 0.865. The summed E-state index contributed by atoms with van der Waals surface area (Å²) in [5.41, 5.74) is 0. The molecule has 1 aliphatic heterocycles. The van der Waals surface area contributed by atoms with E-state index in [1.807, 2.05) is 11.6 Å². The molecule has 0 aliphatic carbocycles. The van der Waals surface area contributed by atoms with Gasteiger partial charge in [0.2, 0.25) is 0 Å². The van der Waals surface area contributed by atoms with Gasteiger partial charge in [-0.2, -0.15) is 0 Å². The normalized spacial score (nSPS) is 31.4. The fourth-order valence-corrected chi connectivity index (χ4v) is 2.65. The number of nitrogens with zero attached hydrogens (tertiary/aromatic N) is 3. The van der Waals surface area contributed by atoms with Gasteiger partial charge in [-0.3, -0.25) is 0 Å². The second kappa shape index (κ2) is 5.14. The minimum atomic E-state index is 0.227. The highest BCUT2D eigenvalue weighted by molar-refractivity contribution is 4.94. The molecule has 1 saturated heterocycles. The van der Waals surface area contributed by atoms with Crippen molar-refractivity contribution in [2.75, 3.05) is 0 Å². The SMILES string of the molecule is CC1CC(NC(C)c2nncn2C)CC(C)O1. The Labute approximate surface area is 103 Å². The maximum Gasteiger partial charge on any atom is 0.149 e. The number of aryl methyl sites for hydroxylation is 1. The molecule has 0 radical (unpaired) electrons. The van der Waals surface area contributed by atoms with Crippen LogP contribution in [0.1, 0.15) is 45.5 Å². The molecule has 1 aromatic rings. The van der Waals surface area contributed by atoms with Crippen LogP contribution in [-0.4, -0.2) is 33.0 Å². The topological polar surface area (TPSA) is 52.0 Å². The highest BCUT2D eigenvalue weighted by atomic mass is 16.5. The molecule has 0 aromatic carbocycles. The lowest BCUT2D eigenvalue weighted by Crippen LogP contribution is -2.42. The molecule has 5 heteroatoms. The van der Waals surface area contributed by atoms with Gasteiger partial charge >= 0.3 is 0 Å². The Balaban J connectivity index is 1.94. The largest absolute Gasteiger partial charge is 0.375 e. The lowest BCUT2D eigenvalue weighted by atomic mass is 9.99. The van der Waals surface area contributed by atoms with Crippen LogP contribution < -0.4 is 5.32 Å². The van der Waals surface area contributed by atoms with Gasteiger partial charge < -0.3 is 14.6 Å². The summed E-state index contributed by atoms with van der Waals surface area (Å²) >= 11 is 0. The molecule has 3 atom stereocenters. The summed E-state index contributed by atoms with van der Waals surface area (Å²) in [4.78, 5) is 0. The fourth-order valence-electron chi connectivity index (χ4n) is 2.65. The molecule has 2 heterocycles. The van der Waals surface area contributed by atoms with Crippen LogP contribution in [0.15, 0.2) is 6.33 Å². The van der Waals surface area contributed by atoms with E-state index in [9.17, 15) is 0 Å². The Hall–Kier alpha value is -0.940. The summed E-state index contributed by atoms with van der Waals surface area (Å²) in [7, 11) is 1.97. The lowest BCUT2D eigenvalue weighted by Gasteiger charge is -2.34. The third-order valence-electron chi connectivity index (χ3n) is 3.32. The van der Waals surface area contributed by atoms with Crippen LogP contribution in [0.5, 0.6) is 0 Å². The van der Waals surface area contributed by atoms with E-state index in [-0.39, 0.29) is 6.04 Å². The number of ether oxygens (including phenoxy) is 1. The number of hydrogen-bond donors (Lipinski definition) is 1. The molecule has 1 aliphatic rings. The van der Waals surface area contributed by atoms with Gasteiger partial charge in [0, 0.05) is 13.1 Å². The Kier molecular flexibility index (Phi) is 3.79. The lowest BCUT2D eigenvalue weighted by molar-refractivity contribution is -0.0435. The molecule has 5 nitrogen and oxygen atoms in total. The molecule has 0 bridgehead atoms. The van der Waals surface area contributed by atoms with Gasteiger partial charge in [-0.25, -0.2) is 0 Å². The first-order valence-corrected chi connectivity index (χ1v) is 6.31. The first-order valence-electron chi connectivity index (χ1n) is 6.31. The van der Waals surface area contributed by atoms with Crippen molar-refractivity contribution in [1.82, 2.24) is 20.1 Å². The predicted octanol–water partition coefficient (Wildman–Crippen LogP) is 1.42. The zero-order valence-electron chi connectivity index (χ0n) is 11.1. The highest BCUT2D eigenvalue weighted by Crippen LogP contribution is 2.21. The van der Waals surface area contributed by atoms with E-state index in [4.69, 9.17) is 4.74 Å². The molecule has 3 unspecified atom stereocenters. The van der Waals surface area contributed by atoms with Crippen LogP contribution in [0, 0.1) is 0 Å². The standard InChI is InChI=1S/C12H22N4O/c1-8-5-11(6-9(2)17-8)14-10(3)12-15-13-7-16(12)4/h7-11,14H,5-6H2,1-4H3. The van der Waals surface area contributed by atoms with Gasteiger partial charge in [0.1, 0.15) is 12.2 Å². The van der Waals surface area contributed by atoms with Crippen molar-refractivity contribution < 1.29 is 4.74 Å². The molecule has 0 saturated carbocycles. The van der Waals surface area contributed by atoms with Crippen LogP contribution in [0.3, 0.4) is 0 Å². The first-order chi connectivity index (χ1) is 8.06. The second-order valence-electron chi connectivity index (χ2n) is 5.11. The second-order valence-corrected chi connectivity index (χ2v) is 5.11. The maximum absolute atomic E-state index is 5.74. The monoisotopic (exact) mass is 238 g/mol. The number of rotatable bonds is 3. The van der Waals surface area contributed by atoms with E-state index in [0.29, 0.717) is 18.2 Å². The molecule has 1 N–H and O–H groups in total. The van der Waals surface area contributed by atoms with Crippen LogP contribution in [0.25, 0.3) is 0 Å². The summed E-state index contributed by atoms with van der Waals surface area (Å²) in [6, 6.07) is 0.727. The summed E-state index contributed by atoms with van der Waals surface area (Å²) in [6.45, 7) is 6.41. The van der Waals surface area contributed by atoms with E-state index >= 15 is 0 Å². The smallest absolute Gasteiger partial charge is 0.149 e. The van der Waals surface area contributed by atoms with E-state index in [2.05, 4.69) is 36.3 Å². The molecule has 0 spiro atoms. The third-order valence-corrected chi connectivity index (χ3v) is 3.32. The number of hydrogen-bond acceptors (Lipinski definition) is 4. The maximum atomic E-state index is 5.74. The number of aromatic nitrogens is 3. The minimum Gasteiger partial charge on any atom is -0.375 e. The Bertz CT molecular complexity index is 355. The van der Waals surface area contributed by atoms with Crippen molar-refractivity contribution in [1.29, 1.82) is 0 Å². The molecule has 17 heavy (non-hydrogen) atoms. The van der Waals surface area contributed by atoms with Crippen molar-refractivity contribution in [2.45, 2.75) is 57.9 Å². The van der Waals surface area contributed by atoms with Crippen LogP contribution in [-0.2, 0) is 11.8 Å². The predicted molar refractivity (Wildman–Crippen MR) is 65.6 cm³/mol. The summed E-state index contributed by atoms with van der Waals surface area (Å²) in [5, 5.41) is 11.7. The first kappa shape index (κ1) is 12.5. The van der Waals surface area contributed by atoms with Crippen molar-refractivity contribution in [3.8, 4) is 0 Å². The average molecular weight is 238 g/mol. The molecule has 1 aromatic heterocycles. The van der Waals surface area contributed by atoms with Crippen molar-refractivity contribution in [3.63, 3.8) is 0 Å². The van der Waals surface area contributed by atoms with Gasteiger partial charge in [-0.05, 0) is 33.6 Å². The zero-order chi connectivity index (χ0) is 12.4. The fraction of sp³-hybridized carbons (Fsp3) is 0.833. The molecule has 2 rings (SSSR count). The van der Waals surface area contributed by atoms with Crippen LogP contribution >= 0.6 is 0 Å². The highest BCUT2D eigenvalue weighted by Gasteiger charge is 2.26. The van der Waals surface area contributed by atoms with Gasteiger partial charge in [0.15, 0.2) is 0 Å². The Morgan fingerprint density at radius 2 is 2.06 bits per heavy atom. The number of nitrogens with one attached hydrogen (secondary N) is 1. The minimum absolute atomic E-state index is 0.227. The van der Waals surface area contributed by atoms with Crippen molar-refractivity contribution >= 4 is 0 Å². The summed E-state index contributed by atoms with van der Waals surface area (Å²) in [6.07, 6.45) is 4.54. The third kappa shape index (κ3) is 3.04. The van der Waals surface area contributed by atoms with E-state index in [1.165, 1.54) is 0 Å². The molecular formula is C12H22N4O. The van der Waals surface area contributed by atoms with Gasteiger partial charge in [0.05, 0.1) is 18.2 Å². The Morgan fingerprint density at radius 1 is 1.41 bits per heavy atom. The Morgan fingerprint density at radius 3 is 2.59 bits per heavy atom. The average Bonchev–Trinajstić information content (AvgIpc) is 2.62. The van der Waals surface area contributed by atoms with E-state index in [1.54, 1.807) is 6.33 Å². The van der Waals surface area contributed by atoms with Gasteiger partial charge in [-0.1, -0.05) is 0 Å². The molecule has 1 fully saturated rings. The van der Waals surface area contributed by atoms with E-state index < -0.39 is 0 Å². The molecular weight excluding hydrogens is 216 g/mol. The van der Waals surface area contributed by atoms with Crippen LogP contribution in [0.2, 0.25) is 0 Å². The van der Waals surface area contributed by atoms with Crippen LogP contribution in [0.4, 0.5) is 0 Å². The van der Waals surface area contributed by atoms with Gasteiger partial charge in [-0.15, -0.1) is 10.2 Å². The summed E-state index contributed by atoms with van der Waals surface area (Å²) < 4.78 is 7.70. The van der Waals surface area contributed by atoms with Crippen molar-refractivity contribution in [2.24, 2.45) is 7.05 Å². The molecule has 96 valence electrons. The zero-order valence-corrected chi connectivity index (χ0v) is 11.1.